The van der Waals surface area contributed by atoms with E-state index in [0.29, 0.717) is 23.1 Å². The van der Waals surface area contributed by atoms with Gasteiger partial charge in [-0.15, -0.1) is 0 Å². The van der Waals surface area contributed by atoms with Crippen molar-refractivity contribution in [1.82, 2.24) is 4.98 Å². The summed E-state index contributed by atoms with van der Waals surface area (Å²) in [5.41, 5.74) is 7.48. The highest BCUT2D eigenvalue weighted by molar-refractivity contribution is 9.10. The van der Waals surface area contributed by atoms with Crippen LogP contribution in [0.15, 0.2) is 41.1 Å². The van der Waals surface area contributed by atoms with E-state index in [1.807, 2.05) is 18.2 Å². The fraction of sp³-hybridized carbons (Fsp3) is 0.0833. The van der Waals surface area contributed by atoms with Gasteiger partial charge in [0, 0.05) is 28.0 Å². The van der Waals surface area contributed by atoms with Crippen molar-refractivity contribution >= 4 is 33.2 Å². The van der Waals surface area contributed by atoms with Gasteiger partial charge in [-0.1, -0.05) is 33.6 Å². The van der Waals surface area contributed by atoms with E-state index >= 15 is 0 Å². The van der Waals surface area contributed by atoms with Gasteiger partial charge in [0.1, 0.15) is 12.4 Å². The number of hydrogen-bond donors (Lipinski definition) is 1. The van der Waals surface area contributed by atoms with Crippen molar-refractivity contribution in [2.24, 2.45) is 0 Å². The third-order valence-electron chi connectivity index (χ3n) is 2.18. The molecule has 5 heteroatoms. The van der Waals surface area contributed by atoms with E-state index in [0.717, 1.165) is 10.0 Å². The first kappa shape index (κ1) is 12.2. The Hall–Kier alpha value is -1.26. The van der Waals surface area contributed by atoms with Gasteiger partial charge in [0.25, 0.3) is 0 Å². The fourth-order valence-electron chi connectivity index (χ4n) is 1.33. The molecular formula is C12H10BrClN2O. The summed E-state index contributed by atoms with van der Waals surface area (Å²) in [6, 6.07) is 7.39. The lowest BCUT2D eigenvalue weighted by Gasteiger charge is -2.08. The minimum absolute atomic E-state index is 0.390. The van der Waals surface area contributed by atoms with Crippen LogP contribution in [0.25, 0.3) is 0 Å². The maximum Gasteiger partial charge on any atom is 0.139 e. The highest BCUT2D eigenvalue weighted by atomic mass is 79.9. The van der Waals surface area contributed by atoms with Crippen molar-refractivity contribution in [1.29, 1.82) is 0 Å². The van der Waals surface area contributed by atoms with Crippen LogP contribution in [-0.4, -0.2) is 4.98 Å². The van der Waals surface area contributed by atoms with Gasteiger partial charge in [0.15, 0.2) is 0 Å². The van der Waals surface area contributed by atoms with Gasteiger partial charge >= 0.3 is 0 Å². The number of nitrogen functional groups attached to an aromatic ring is 1. The molecule has 0 unspecified atom stereocenters. The number of anilines is 1. The lowest BCUT2D eigenvalue weighted by Crippen LogP contribution is -2.00. The fourth-order valence-corrected chi connectivity index (χ4v) is 1.87. The second kappa shape index (κ2) is 5.38. The lowest BCUT2D eigenvalue weighted by atomic mass is 10.2. The average molecular weight is 314 g/mol. The van der Waals surface area contributed by atoms with Crippen LogP contribution in [0.3, 0.4) is 0 Å². The second-order valence-electron chi connectivity index (χ2n) is 3.47. The first-order valence-corrected chi connectivity index (χ1v) is 6.09. The zero-order valence-electron chi connectivity index (χ0n) is 8.86. The number of benzene rings is 1. The maximum absolute atomic E-state index is 5.86. The van der Waals surface area contributed by atoms with Crippen LogP contribution >= 0.6 is 27.5 Å². The van der Waals surface area contributed by atoms with E-state index in [1.54, 1.807) is 18.5 Å². The molecule has 0 spiro atoms. The summed E-state index contributed by atoms with van der Waals surface area (Å²) in [7, 11) is 0. The highest BCUT2D eigenvalue weighted by Crippen LogP contribution is 2.21. The molecule has 0 amide bonds. The largest absolute Gasteiger partial charge is 0.487 e. The third-order valence-corrected chi connectivity index (χ3v) is 2.88. The molecule has 88 valence electrons. The molecule has 1 aromatic heterocycles. The van der Waals surface area contributed by atoms with Crippen LogP contribution in [0, 0.1) is 0 Å². The molecule has 0 aliphatic carbocycles. The van der Waals surface area contributed by atoms with Gasteiger partial charge in [0.2, 0.25) is 0 Å². The minimum Gasteiger partial charge on any atom is -0.487 e. The quantitative estimate of drug-likeness (QED) is 0.880. The van der Waals surface area contributed by atoms with Crippen LogP contribution in [0.5, 0.6) is 5.75 Å². The molecule has 2 N–H and O–H groups in total. The van der Waals surface area contributed by atoms with Gasteiger partial charge in [-0.25, -0.2) is 0 Å². The molecule has 0 bridgehead atoms. The standard InChI is InChI=1S/C12H10BrClN2O/c13-9-2-1-8(12(15)3-9)7-17-11-4-10(14)5-16-6-11/h1-6H,7,15H2. The summed E-state index contributed by atoms with van der Waals surface area (Å²) in [5.74, 6) is 0.625. The van der Waals surface area contributed by atoms with Crippen molar-refractivity contribution in [3.63, 3.8) is 0 Å². The third kappa shape index (κ3) is 3.35. The molecule has 1 aromatic carbocycles. The normalized spacial score (nSPS) is 10.2. The zero-order chi connectivity index (χ0) is 12.3. The van der Waals surface area contributed by atoms with E-state index in [9.17, 15) is 0 Å². The molecule has 2 aromatic rings. The molecule has 17 heavy (non-hydrogen) atoms. The van der Waals surface area contributed by atoms with E-state index in [-0.39, 0.29) is 0 Å². The monoisotopic (exact) mass is 312 g/mol. The number of nitrogens with zero attached hydrogens (tertiary/aromatic N) is 1. The summed E-state index contributed by atoms with van der Waals surface area (Å²) in [5, 5.41) is 0.547. The summed E-state index contributed by atoms with van der Waals surface area (Å²) in [6.45, 7) is 0.390. The van der Waals surface area contributed by atoms with Crippen LogP contribution in [0.1, 0.15) is 5.56 Å². The van der Waals surface area contributed by atoms with E-state index < -0.39 is 0 Å². The molecular weight excluding hydrogens is 304 g/mol. The number of pyridine rings is 1. The van der Waals surface area contributed by atoms with Crippen molar-refractivity contribution in [3.8, 4) is 5.75 Å². The Bertz CT molecular complexity index is 534. The number of nitrogens with two attached hydrogens (primary N) is 1. The van der Waals surface area contributed by atoms with Gasteiger partial charge in [-0.3, -0.25) is 4.98 Å². The molecule has 0 aliphatic rings. The SMILES string of the molecule is Nc1cc(Br)ccc1COc1cncc(Cl)c1. The summed E-state index contributed by atoms with van der Waals surface area (Å²) >= 11 is 9.16. The van der Waals surface area contributed by atoms with Gasteiger partial charge in [0.05, 0.1) is 11.2 Å². The van der Waals surface area contributed by atoms with Crippen molar-refractivity contribution < 1.29 is 4.74 Å². The Kier molecular flexibility index (Phi) is 3.86. The highest BCUT2D eigenvalue weighted by Gasteiger charge is 2.02. The van der Waals surface area contributed by atoms with Crippen molar-refractivity contribution in [3.05, 3.63) is 51.7 Å². The average Bonchev–Trinajstić information content (AvgIpc) is 2.28. The van der Waals surface area contributed by atoms with Gasteiger partial charge in [-0.05, 0) is 12.1 Å². The van der Waals surface area contributed by atoms with Crippen LogP contribution in [0.4, 0.5) is 5.69 Å². The lowest BCUT2D eigenvalue weighted by molar-refractivity contribution is 0.305. The number of hydrogen-bond acceptors (Lipinski definition) is 3. The molecule has 0 saturated heterocycles. The minimum atomic E-state index is 0.390. The number of halogens is 2. The molecule has 2 rings (SSSR count). The Morgan fingerprint density at radius 3 is 2.82 bits per heavy atom. The first-order chi connectivity index (χ1) is 8.15. The Morgan fingerprint density at radius 1 is 1.29 bits per heavy atom. The maximum atomic E-state index is 5.86. The molecule has 0 fully saturated rings. The molecule has 0 aliphatic heterocycles. The smallest absolute Gasteiger partial charge is 0.139 e. The summed E-state index contributed by atoms with van der Waals surface area (Å²) < 4.78 is 6.50. The Balaban J connectivity index is 2.07. The van der Waals surface area contributed by atoms with Crippen LogP contribution in [0.2, 0.25) is 5.02 Å². The summed E-state index contributed by atoms with van der Waals surface area (Å²) in [4.78, 5) is 3.94. The summed E-state index contributed by atoms with van der Waals surface area (Å²) in [6.07, 6.45) is 3.17. The molecule has 0 radical (unpaired) electrons. The van der Waals surface area contributed by atoms with E-state index in [2.05, 4.69) is 20.9 Å². The van der Waals surface area contributed by atoms with Crippen LogP contribution < -0.4 is 10.5 Å². The Morgan fingerprint density at radius 2 is 2.12 bits per heavy atom. The number of rotatable bonds is 3. The van der Waals surface area contributed by atoms with E-state index in [1.165, 1.54) is 0 Å². The van der Waals surface area contributed by atoms with Gasteiger partial charge in [-0.2, -0.15) is 0 Å². The van der Waals surface area contributed by atoms with E-state index in [4.69, 9.17) is 22.1 Å². The van der Waals surface area contributed by atoms with Crippen molar-refractivity contribution in [2.75, 3.05) is 5.73 Å². The molecule has 0 atom stereocenters. The first-order valence-electron chi connectivity index (χ1n) is 4.92. The molecule has 3 nitrogen and oxygen atoms in total. The predicted molar refractivity (Wildman–Crippen MR) is 72.1 cm³/mol. The predicted octanol–water partition coefficient (Wildman–Crippen LogP) is 3.66. The van der Waals surface area contributed by atoms with Crippen LogP contribution in [-0.2, 0) is 6.61 Å². The number of aromatic nitrogens is 1. The zero-order valence-corrected chi connectivity index (χ0v) is 11.2. The topological polar surface area (TPSA) is 48.1 Å². The second-order valence-corrected chi connectivity index (χ2v) is 4.82. The molecule has 1 heterocycles. The number of ether oxygens (including phenoxy) is 1. The Labute approximate surface area is 113 Å². The van der Waals surface area contributed by atoms with Gasteiger partial charge < -0.3 is 10.5 Å². The molecule has 0 saturated carbocycles. The van der Waals surface area contributed by atoms with Crippen molar-refractivity contribution in [2.45, 2.75) is 6.61 Å².